The Morgan fingerprint density at radius 3 is 2.57 bits per heavy atom. The van der Waals surface area contributed by atoms with Gasteiger partial charge in [-0.3, -0.25) is 4.79 Å². The van der Waals surface area contributed by atoms with Crippen LogP contribution in [-0.2, 0) is 16.6 Å². The van der Waals surface area contributed by atoms with Gasteiger partial charge >= 0.3 is 0 Å². The van der Waals surface area contributed by atoms with Gasteiger partial charge in [0.1, 0.15) is 0 Å². The zero-order valence-electron chi connectivity index (χ0n) is 14.2. The highest BCUT2D eigenvalue weighted by atomic mass is 16.2. The third-order valence-electron chi connectivity index (χ3n) is 4.99. The number of fused-ring (bicyclic) bond motifs is 1. The van der Waals surface area contributed by atoms with Crippen LogP contribution in [0.15, 0.2) is 36.4 Å². The van der Waals surface area contributed by atoms with Crippen molar-refractivity contribution < 1.29 is 4.79 Å². The molecule has 2 aromatic carbocycles. The normalized spacial score (nSPS) is 16.8. The Morgan fingerprint density at radius 2 is 1.91 bits per heavy atom. The molecule has 0 radical (unpaired) electrons. The van der Waals surface area contributed by atoms with Crippen LogP contribution in [0.2, 0.25) is 0 Å². The third-order valence-corrected chi connectivity index (χ3v) is 4.99. The van der Waals surface area contributed by atoms with Crippen molar-refractivity contribution in [1.82, 2.24) is 0 Å². The number of nitrogens with two attached hydrogens (primary N) is 1. The molecular formula is C20H24N2O. The van der Waals surface area contributed by atoms with Gasteiger partial charge in [-0.15, -0.1) is 0 Å². The average molecular weight is 308 g/mol. The van der Waals surface area contributed by atoms with Crippen molar-refractivity contribution in [3.05, 3.63) is 64.2 Å². The number of hydrogen-bond acceptors (Lipinski definition) is 2. The Labute approximate surface area is 137 Å². The summed E-state index contributed by atoms with van der Waals surface area (Å²) in [6.07, 6.45) is 0.868. The van der Waals surface area contributed by atoms with Crippen LogP contribution >= 0.6 is 0 Å². The standard InChI is InChI=1S/C20H24N2O/c1-5-13-10-14(17(21)15-9-7-6-8-12(15)2)11-16-18(13)22-19(23)20(16,3)4/h6-11,17H,5,21H2,1-4H3,(H,22,23). The maximum Gasteiger partial charge on any atom is 0.234 e. The fourth-order valence-electron chi connectivity index (χ4n) is 3.33. The SMILES string of the molecule is CCc1cc(C(N)c2ccccc2C)cc2c1NC(=O)C2(C)C. The molecule has 0 saturated heterocycles. The second kappa shape index (κ2) is 5.50. The molecule has 120 valence electrons. The van der Waals surface area contributed by atoms with E-state index in [0.29, 0.717) is 0 Å². The van der Waals surface area contributed by atoms with Gasteiger partial charge in [0, 0.05) is 5.69 Å². The van der Waals surface area contributed by atoms with Gasteiger partial charge in [0.05, 0.1) is 11.5 Å². The maximum atomic E-state index is 12.3. The second-order valence-electron chi connectivity index (χ2n) is 6.87. The van der Waals surface area contributed by atoms with Gasteiger partial charge in [0.25, 0.3) is 0 Å². The van der Waals surface area contributed by atoms with Gasteiger partial charge in [0.15, 0.2) is 0 Å². The molecule has 3 N–H and O–H groups in total. The van der Waals surface area contributed by atoms with Crippen LogP contribution in [0.5, 0.6) is 0 Å². The lowest BCUT2D eigenvalue weighted by molar-refractivity contribution is -0.119. The number of anilines is 1. The van der Waals surface area contributed by atoms with Crippen LogP contribution in [0.3, 0.4) is 0 Å². The van der Waals surface area contributed by atoms with Crippen molar-refractivity contribution in [3.8, 4) is 0 Å². The molecule has 3 nitrogen and oxygen atoms in total. The third kappa shape index (κ3) is 2.45. The summed E-state index contributed by atoms with van der Waals surface area (Å²) in [5.74, 6) is 0.0591. The van der Waals surface area contributed by atoms with Crippen molar-refractivity contribution in [3.63, 3.8) is 0 Å². The summed E-state index contributed by atoms with van der Waals surface area (Å²) in [6, 6.07) is 12.3. The molecular weight excluding hydrogens is 284 g/mol. The largest absolute Gasteiger partial charge is 0.325 e. The number of carbonyl (C=O) groups is 1. The smallest absolute Gasteiger partial charge is 0.234 e. The zero-order chi connectivity index (χ0) is 16.8. The minimum absolute atomic E-state index is 0.0591. The van der Waals surface area contributed by atoms with Gasteiger partial charge in [-0.05, 0) is 55.0 Å². The molecule has 23 heavy (non-hydrogen) atoms. The van der Waals surface area contributed by atoms with Crippen LogP contribution in [0.4, 0.5) is 5.69 Å². The molecule has 0 bridgehead atoms. The van der Waals surface area contributed by atoms with E-state index in [1.807, 2.05) is 26.0 Å². The molecule has 1 heterocycles. The van der Waals surface area contributed by atoms with Crippen LogP contribution in [0, 0.1) is 6.92 Å². The molecule has 1 aliphatic rings. The molecule has 0 fully saturated rings. The summed E-state index contributed by atoms with van der Waals surface area (Å²) in [6.45, 7) is 8.13. The summed E-state index contributed by atoms with van der Waals surface area (Å²) in [4.78, 5) is 12.3. The van der Waals surface area contributed by atoms with Gasteiger partial charge in [0.2, 0.25) is 5.91 Å². The minimum atomic E-state index is -0.513. The molecule has 1 aliphatic heterocycles. The van der Waals surface area contributed by atoms with E-state index in [1.165, 1.54) is 5.56 Å². The first-order chi connectivity index (χ1) is 10.9. The van der Waals surface area contributed by atoms with E-state index in [-0.39, 0.29) is 11.9 Å². The molecule has 0 saturated carbocycles. The molecule has 1 atom stereocenters. The van der Waals surface area contributed by atoms with E-state index in [0.717, 1.165) is 34.4 Å². The number of carbonyl (C=O) groups excluding carboxylic acids is 1. The lowest BCUT2D eigenvalue weighted by Crippen LogP contribution is -2.27. The summed E-state index contributed by atoms with van der Waals surface area (Å²) in [5.41, 5.74) is 12.6. The lowest BCUT2D eigenvalue weighted by Gasteiger charge is -2.21. The fraction of sp³-hybridized carbons (Fsp3) is 0.350. The quantitative estimate of drug-likeness (QED) is 0.905. The van der Waals surface area contributed by atoms with E-state index in [2.05, 4.69) is 43.4 Å². The Balaban J connectivity index is 2.14. The first kappa shape index (κ1) is 15.8. The molecule has 0 aromatic heterocycles. The van der Waals surface area contributed by atoms with Crippen molar-refractivity contribution in [2.75, 3.05) is 5.32 Å². The molecule has 1 amide bonds. The molecule has 2 aromatic rings. The number of hydrogen-bond donors (Lipinski definition) is 2. The molecule has 3 heteroatoms. The van der Waals surface area contributed by atoms with Gasteiger partial charge < -0.3 is 11.1 Å². The minimum Gasteiger partial charge on any atom is -0.325 e. The van der Waals surface area contributed by atoms with Crippen molar-refractivity contribution in [2.24, 2.45) is 5.73 Å². The topological polar surface area (TPSA) is 55.1 Å². The number of nitrogens with one attached hydrogen (secondary N) is 1. The Hall–Kier alpha value is -2.13. The fourth-order valence-corrected chi connectivity index (χ4v) is 3.33. The molecule has 3 rings (SSSR count). The number of amides is 1. The number of aryl methyl sites for hydroxylation is 2. The van der Waals surface area contributed by atoms with Crippen LogP contribution in [-0.4, -0.2) is 5.91 Å². The average Bonchev–Trinajstić information content (AvgIpc) is 2.76. The molecule has 0 aliphatic carbocycles. The van der Waals surface area contributed by atoms with E-state index in [4.69, 9.17) is 5.73 Å². The van der Waals surface area contributed by atoms with Gasteiger partial charge in [-0.1, -0.05) is 43.3 Å². The van der Waals surface area contributed by atoms with Crippen LogP contribution < -0.4 is 11.1 Å². The highest BCUT2D eigenvalue weighted by molar-refractivity contribution is 6.06. The summed E-state index contributed by atoms with van der Waals surface area (Å²) in [5, 5.41) is 3.04. The summed E-state index contributed by atoms with van der Waals surface area (Å²) < 4.78 is 0. The number of benzene rings is 2. The highest BCUT2D eigenvalue weighted by Gasteiger charge is 2.39. The summed E-state index contributed by atoms with van der Waals surface area (Å²) >= 11 is 0. The molecule has 0 spiro atoms. The monoisotopic (exact) mass is 308 g/mol. The van der Waals surface area contributed by atoms with E-state index in [1.54, 1.807) is 0 Å². The summed E-state index contributed by atoms with van der Waals surface area (Å²) in [7, 11) is 0. The predicted octanol–water partition coefficient (Wildman–Crippen LogP) is 3.84. The second-order valence-corrected chi connectivity index (χ2v) is 6.87. The Bertz CT molecular complexity index is 777. The van der Waals surface area contributed by atoms with E-state index < -0.39 is 5.41 Å². The van der Waals surface area contributed by atoms with Crippen LogP contribution in [0.1, 0.15) is 54.6 Å². The van der Waals surface area contributed by atoms with Crippen molar-refractivity contribution in [2.45, 2.75) is 45.6 Å². The van der Waals surface area contributed by atoms with Gasteiger partial charge in [-0.2, -0.15) is 0 Å². The molecule has 1 unspecified atom stereocenters. The maximum absolute atomic E-state index is 12.3. The van der Waals surface area contributed by atoms with Crippen LogP contribution in [0.25, 0.3) is 0 Å². The zero-order valence-corrected chi connectivity index (χ0v) is 14.2. The first-order valence-corrected chi connectivity index (χ1v) is 8.16. The van der Waals surface area contributed by atoms with E-state index in [9.17, 15) is 4.79 Å². The Morgan fingerprint density at radius 1 is 1.22 bits per heavy atom. The van der Waals surface area contributed by atoms with Crippen molar-refractivity contribution in [1.29, 1.82) is 0 Å². The first-order valence-electron chi connectivity index (χ1n) is 8.16. The van der Waals surface area contributed by atoms with Gasteiger partial charge in [-0.25, -0.2) is 0 Å². The van der Waals surface area contributed by atoms with E-state index >= 15 is 0 Å². The lowest BCUT2D eigenvalue weighted by atomic mass is 9.82. The van der Waals surface area contributed by atoms with Crippen molar-refractivity contribution >= 4 is 11.6 Å². The number of rotatable bonds is 3. The Kier molecular flexibility index (Phi) is 3.77. The predicted molar refractivity (Wildman–Crippen MR) is 94.7 cm³/mol. The highest BCUT2D eigenvalue weighted by Crippen LogP contribution is 2.41.